The summed E-state index contributed by atoms with van der Waals surface area (Å²) in [7, 11) is 0. The lowest BCUT2D eigenvalue weighted by Crippen LogP contribution is -1.90. The summed E-state index contributed by atoms with van der Waals surface area (Å²) in [5.74, 6) is -0.761. The molecule has 0 bridgehead atoms. The molecule has 5 heteroatoms. The molecule has 0 aliphatic carbocycles. The number of carbonyl (C=O) groups is 1. The number of nitrogens with zero attached hydrogens (tertiary/aromatic N) is 3. The van der Waals surface area contributed by atoms with Crippen molar-refractivity contribution < 1.29 is 9.63 Å². The summed E-state index contributed by atoms with van der Waals surface area (Å²) in [6, 6.07) is 0. The Bertz CT molecular complexity index is 147. The van der Waals surface area contributed by atoms with Crippen LogP contribution < -0.4 is 0 Å². The molecule has 0 radical (unpaired) electrons. The van der Waals surface area contributed by atoms with E-state index in [-0.39, 0.29) is 0 Å². The average molecular weight is 113 g/mol. The standard InChI is InChI=1S/C3H3N3O2/c1-2-3(7)8-6-5-4/h2H,1H2. The zero-order valence-corrected chi connectivity index (χ0v) is 3.94. The predicted molar refractivity (Wildman–Crippen MR) is 25.4 cm³/mol. The van der Waals surface area contributed by atoms with E-state index in [1.165, 1.54) is 0 Å². The monoisotopic (exact) mass is 113 g/mol. The molecule has 42 valence electrons. The molecule has 0 N–H and O–H groups in total. The first-order valence-electron chi connectivity index (χ1n) is 1.69. The summed E-state index contributed by atoms with van der Waals surface area (Å²) in [5, 5.41) is 2.50. The number of rotatable bonds is 2. The third-order valence-corrected chi connectivity index (χ3v) is 0.334. The van der Waals surface area contributed by atoms with E-state index in [0.717, 1.165) is 6.08 Å². The van der Waals surface area contributed by atoms with Gasteiger partial charge in [-0.15, -0.1) is 0 Å². The Morgan fingerprint density at radius 2 is 2.62 bits per heavy atom. The van der Waals surface area contributed by atoms with Crippen molar-refractivity contribution in [3.63, 3.8) is 0 Å². The Labute approximate surface area is 45.1 Å². The third-order valence-electron chi connectivity index (χ3n) is 0.334. The number of azide groups is 1. The first kappa shape index (κ1) is 6.52. The van der Waals surface area contributed by atoms with Crippen molar-refractivity contribution in [2.75, 3.05) is 0 Å². The van der Waals surface area contributed by atoms with Crippen molar-refractivity contribution in [2.45, 2.75) is 0 Å². The number of carbonyl (C=O) groups excluding carboxylic acids is 1. The Morgan fingerprint density at radius 1 is 2.00 bits per heavy atom. The van der Waals surface area contributed by atoms with Gasteiger partial charge in [0.25, 0.3) is 0 Å². The second kappa shape index (κ2) is 3.70. The number of hydrogen-bond acceptors (Lipinski definition) is 3. The van der Waals surface area contributed by atoms with E-state index in [9.17, 15) is 4.79 Å². The molecule has 0 aromatic carbocycles. The van der Waals surface area contributed by atoms with E-state index >= 15 is 0 Å². The van der Waals surface area contributed by atoms with Gasteiger partial charge in [-0.05, 0) is 5.53 Å². The van der Waals surface area contributed by atoms with E-state index in [1.54, 1.807) is 0 Å². The van der Waals surface area contributed by atoms with Gasteiger partial charge in [0.05, 0.1) is 0 Å². The van der Waals surface area contributed by atoms with Gasteiger partial charge in [-0.25, -0.2) is 4.79 Å². The smallest absolute Gasteiger partial charge is 0.341 e. The molecule has 0 aliphatic rings. The van der Waals surface area contributed by atoms with Crippen LogP contribution in [0.25, 0.3) is 10.4 Å². The second-order valence-corrected chi connectivity index (χ2v) is 0.786. The van der Waals surface area contributed by atoms with Crippen LogP contribution in [0.1, 0.15) is 0 Å². The summed E-state index contributed by atoms with van der Waals surface area (Å²) in [4.78, 5) is 15.9. The molecule has 0 aromatic rings. The molecule has 0 saturated carbocycles. The number of hydrogen-bond donors (Lipinski definition) is 0. The predicted octanol–water partition coefficient (Wildman–Crippen LogP) is 0.941. The molecule has 8 heavy (non-hydrogen) atoms. The van der Waals surface area contributed by atoms with E-state index in [1.807, 2.05) is 0 Å². The highest BCUT2D eigenvalue weighted by Gasteiger charge is 1.87. The minimum Gasteiger partial charge on any atom is -0.355 e. The summed E-state index contributed by atoms with van der Waals surface area (Å²) >= 11 is 0. The molecule has 0 amide bonds. The molecular formula is C3H3N3O2. The van der Waals surface area contributed by atoms with Crippen LogP contribution in [0.2, 0.25) is 0 Å². The van der Waals surface area contributed by atoms with Gasteiger partial charge in [0.2, 0.25) is 0 Å². The molecule has 0 heterocycles. The molecule has 0 atom stereocenters. The Morgan fingerprint density at radius 3 is 3.00 bits per heavy atom. The van der Waals surface area contributed by atoms with Crippen LogP contribution in [0.3, 0.4) is 0 Å². The van der Waals surface area contributed by atoms with E-state index in [2.05, 4.69) is 21.6 Å². The Kier molecular flexibility index (Phi) is 3.02. The molecule has 0 fully saturated rings. The minimum absolute atomic E-state index is 0.761. The lowest BCUT2D eigenvalue weighted by molar-refractivity contribution is -0.138. The van der Waals surface area contributed by atoms with E-state index in [4.69, 9.17) is 5.53 Å². The molecule has 0 spiro atoms. The highest BCUT2D eigenvalue weighted by molar-refractivity contribution is 5.80. The van der Waals surface area contributed by atoms with E-state index in [0.29, 0.717) is 0 Å². The maximum absolute atomic E-state index is 9.97. The van der Waals surface area contributed by atoms with Crippen LogP contribution in [-0.2, 0) is 9.63 Å². The lowest BCUT2D eigenvalue weighted by Gasteiger charge is -1.81. The molecule has 0 rings (SSSR count). The normalized spacial score (nSPS) is 6.50. The van der Waals surface area contributed by atoms with Crippen molar-refractivity contribution >= 4 is 5.97 Å². The molecule has 5 nitrogen and oxygen atoms in total. The quantitative estimate of drug-likeness (QED) is 0.176. The maximum atomic E-state index is 9.97. The van der Waals surface area contributed by atoms with Gasteiger partial charge in [-0.2, -0.15) is 0 Å². The van der Waals surface area contributed by atoms with Gasteiger partial charge < -0.3 is 4.84 Å². The SMILES string of the molecule is C=CC(=O)ON=[N+]=[N-]. The topological polar surface area (TPSA) is 75.1 Å². The summed E-state index contributed by atoms with van der Waals surface area (Å²) < 4.78 is 0. The summed E-state index contributed by atoms with van der Waals surface area (Å²) in [5.41, 5.74) is 7.56. The third kappa shape index (κ3) is 2.74. The van der Waals surface area contributed by atoms with Crippen LogP contribution in [0.15, 0.2) is 17.9 Å². The zero-order valence-electron chi connectivity index (χ0n) is 3.94. The van der Waals surface area contributed by atoms with Crippen molar-refractivity contribution in [3.8, 4) is 0 Å². The van der Waals surface area contributed by atoms with Crippen LogP contribution in [-0.4, -0.2) is 5.97 Å². The largest absolute Gasteiger partial charge is 0.355 e. The van der Waals surface area contributed by atoms with Gasteiger partial charge >= 0.3 is 5.97 Å². The lowest BCUT2D eigenvalue weighted by atomic mass is 10.7. The highest BCUT2D eigenvalue weighted by Crippen LogP contribution is 1.78. The van der Waals surface area contributed by atoms with Crippen LogP contribution in [0, 0.1) is 0 Å². The van der Waals surface area contributed by atoms with Crippen LogP contribution in [0.4, 0.5) is 0 Å². The summed E-state index contributed by atoms with van der Waals surface area (Å²) in [6.45, 7) is 3.06. The molecule has 0 unspecified atom stereocenters. The van der Waals surface area contributed by atoms with Gasteiger partial charge in [-0.3, -0.25) is 0 Å². The minimum atomic E-state index is -0.761. The first-order chi connectivity index (χ1) is 3.81. The Balaban J connectivity index is 3.55. The zero-order chi connectivity index (χ0) is 6.41. The molecule has 0 saturated heterocycles. The molecular weight excluding hydrogens is 110 g/mol. The second-order valence-electron chi connectivity index (χ2n) is 0.786. The van der Waals surface area contributed by atoms with Gasteiger partial charge in [0, 0.05) is 11.0 Å². The Hall–Kier alpha value is -1.48. The first-order valence-corrected chi connectivity index (χ1v) is 1.69. The fraction of sp³-hybridized carbons (Fsp3) is 0. The molecule has 0 aliphatic heterocycles. The van der Waals surface area contributed by atoms with Crippen molar-refractivity contribution in [1.29, 1.82) is 0 Å². The van der Waals surface area contributed by atoms with E-state index < -0.39 is 5.97 Å². The fourth-order valence-corrected chi connectivity index (χ4v) is 0.0958. The van der Waals surface area contributed by atoms with Crippen LogP contribution in [0.5, 0.6) is 0 Å². The summed E-state index contributed by atoms with van der Waals surface area (Å²) in [6.07, 6.45) is 0.898. The van der Waals surface area contributed by atoms with Crippen molar-refractivity contribution in [2.24, 2.45) is 5.28 Å². The maximum Gasteiger partial charge on any atom is 0.341 e. The van der Waals surface area contributed by atoms with Crippen molar-refractivity contribution in [3.05, 3.63) is 23.1 Å². The average Bonchev–Trinajstić information content (AvgIpc) is 1.83. The fourth-order valence-electron chi connectivity index (χ4n) is 0.0958. The van der Waals surface area contributed by atoms with Gasteiger partial charge in [0.15, 0.2) is 0 Å². The molecule has 0 aromatic heterocycles. The van der Waals surface area contributed by atoms with Gasteiger partial charge in [-0.1, -0.05) is 6.58 Å². The highest BCUT2D eigenvalue weighted by atomic mass is 16.7. The van der Waals surface area contributed by atoms with Crippen molar-refractivity contribution in [1.82, 2.24) is 0 Å². The van der Waals surface area contributed by atoms with Crippen LogP contribution >= 0.6 is 0 Å². The van der Waals surface area contributed by atoms with Gasteiger partial charge in [0.1, 0.15) is 5.28 Å².